The largest absolute Gasteiger partial charge is 0.454 e. The average Bonchev–Trinajstić information content (AvgIpc) is 3.31. The molecule has 8 heteroatoms. The van der Waals surface area contributed by atoms with E-state index >= 15 is 0 Å². The number of nitrogens with two attached hydrogens (primary N) is 1. The van der Waals surface area contributed by atoms with Gasteiger partial charge in [0.15, 0.2) is 11.5 Å². The van der Waals surface area contributed by atoms with Gasteiger partial charge in [0.25, 0.3) is 5.91 Å². The fourth-order valence-electron chi connectivity index (χ4n) is 3.18. The maximum atomic E-state index is 12.9. The van der Waals surface area contributed by atoms with Crippen LogP contribution in [-0.4, -0.2) is 41.1 Å². The summed E-state index contributed by atoms with van der Waals surface area (Å²) in [6, 6.07) is 7.82. The Bertz CT molecular complexity index is 853. The van der Waals surface area contributed by atoms with Gasteiger partial charge >= 0.3 is 0 Å². The topological polar surface area (TPSA) is 107 Å². The number of nitrogen functional groups attached to an aromatic ring is 1. The van der Waals surface area contributed by atoms with Crippen molar-refractivity contribution >= 4 is 23.3 Å². The highest BCUT2D eigenvalue weighted by Crippen LogP contribution is 2.33. The number of anilines is 2. The SMILES string of the molecule is Nc1ccc(NC(=O)C2CCCN2C(=O)c2ccc3c(c2)OCO3)cn1. The van der Waals surface area contributed by atoms with Crippen molar-refractivity contribution in [2.24, 2.45) is 0 Å². The fourth-order valence-corrected chi connectivity index (χ4v) is 3.18. The lowest BCUT2D eigenvalue weighted by atomic mass is 10.1. The quantitative estimate of drug-likeness (QED) is 0.868. The first-order valence-electron chi connectivity index (χ1n) is 8.35. The molecule has 8 nitrogen and oxygen atoms in total. The minimum atomic E-state index is -0.523. The van der Waals surface area contributed by atoms with Crippen LogP contribution in [0.3, 0.4) is 0 Å². The minimum Gasteiger partial charge on any atom is -0.454 e. The van der Waals surface area contributed by atoms with Gasteiger partial charge in [-0.25, -0.2) is 4.98 Å². The molecule has 4 rings (SSSR count). The molecule has 2 amide bonds. The number of carbonyl (C=O) groups is 2. The number of aromatic nitrogens is 1. The first-order chi connectivity index (χ1) is 12.6. The predicted octanol–water partition coefficient (Wildman–Crippen LogP) is 1.64. The number of benzene rings is 1. The first kappa shape index (κ1) is 16.2. The molecule has 0 radical (unpaired) electrons. The van der Waals surface area contributed by atoms with E-state index in [2.05, 4.69) is 10.3 Å². The van der Waals surface area contributed by atoms with E-state index in [0.29, 0.717) is 41.5 Å². The molecule has 0 saturated carbocycles. The lowest BCUT2D eigenvalue weighted by Gasteiger charge is -2.24. The molecule has 1 saturated heterocycles. The molecular weight excluding hydrogens is 336 g/mol. The summed E-state index contributed by atoms with van der Waals surface area (Å²) in [6.45, 7) is 0.683. The van der Waals surface area contributed by atoms with Crippen LogP contribution in [0.4, 0.5) is 11.5 Å². The minimum absolute atomic E-state index is 0.150. The predicted molar refractivity (Wildman–Crippen MR) is 93.9 cm³/mol. The summed E-state index contributed by atoms with van der Waals surface area (Å²) in [6.07, 6.45) is 2.88. The summed E-state index contributed by atoms with van der Waals surface area (Å²) in [5.41, 5.74) is 6.57. The Hall–Kier alpha value is -3.29. The van der Waals surface area contributed by atoms with E-state index in [1.165, 1.54) is 6.20 Å². The van der Waals surface area contributed by atoms with Gasteiger partial charge in [-0.15, -0.1) is 0 Å². The van der Waals surface area contributed by atoms with Crippen molar-refractivity contribution < 1.29 is 19.1 Å². The van der Waals surface area contributed by atoms with E-state index in [1.54, 1.807) is 35.2 Å². The Kier molecular flexibility index (Phi) is 4.08. The van der Waals surface area contributed by atoms with Crippen LogP contribution in [0.2, 0.25) is 0 Å². The zero-order chi connectivity index (χ0) is 18.1. The summed E-state index contributed by atoms with van der Waals surface area (Å²) in [5.74, 6) is 1.11. The summed E-state index contributed by atoms with van der Waals surface area (Å²) >= 11 is 0. The highest BCUT2D eigenvalue weighted by molar-refractivity contribution is 6.01. The third kappa shape index (κ3) is 3.01. The lowest BCUT2D eigenvalue weighted by Crippen LogP contribution is -2.43. The molecule has 0 aliphatic carbocycles. The second-order valence-electron chi connectivity index (χ2n) is 6.19. The third-order valence-corrected chi connectivity index (χ3v) is 4.49. The van der Waals surface area contributed by atoms with Gasteiger partial charge in [0.2, 0.25) is 12.7 Å². The second kappa shape index (κ2) is 6.55. The van der Waals surface area contributed by atoms with Gasteiger partial charge in [0, 0.05) is 12.1 Å². The molecule has 0 spiro atoms. The molecule has 2 aliphatic heterocycles. The molecule has 1 atom stereocenters. The number of pyridine rings is 1. The summed E-state index contributed by atoms with van der Waals surface area (Å²) in [4.78, 5) is 31.0. The number of nitrogens with zero attached hydrogens (tertiary/aromatic N) is 2. The summed E-state index contributed by atoms with van der Waals surface area (Å²) in [5, 5.41) is 2.79. The molecular formula is C18H18N4O4. The van der Waals surface area contributed by atoms with Crippen LogP contribution < -0.4 is 20.5 Å². The molecule has 1 fully saturated rings. The van der Waals surface area contributed by atoms with Gasteiger partial charge in [0.1, 0.15) is 11.9 Å². The average molecular weight is 354 g/mol. The summed E-state index contributed by atoms with van der Waals surface area (Å²) < 4.78 is 10.6. The van der Waals surface area contributed by atoms with E-state index in [9.17, 15) is 9.59 Å². The van der Waals surface area contributed by atoms with Crippen molar-refractivity contribution in [3.8, 4) is 11.5 Å². The number of hydrogen-bond donors (Lipinski definition) is 2. The van der Waals surface area contributed by atoms with Gasteiger partial charge < -0.3 is 25.4 Å². The molecule has 1 aromatic carbocycles. The molecule has 3 heterocycles. The molecule has 134 valence electrons. The normalized spacial score (nSPS) is 18.0. The van der Waals surface area contributed by atoms with Gasteiger partial charge in [-0.2, -0.15) is 0 Å². The van der Waals surface area contributed by atoms with Crippen molar-refractivity contribution in [3.05, 3.63) is 42.1 Å². The summed E-state index contributed by atoms with van der Waals surface area (Å²) in [7, 11) is 0. The zero-order valence-corrected chi connectivity index (χ0v) is 14.0. The van der Waals surface area contributed by atoms with E-state index in [0.717, 1.165) is 6.42 Å². The Balaban J connectivity index is 1.49. The van der Waals surface area contributed by atoms with Crippen LogP contribution in [0, 0.1) is 0 Å². The van der Waals surface area contributed by atoms with Crippen molar-refractivity contribution in [1.82, 2.24) is 9.88 Å². The molecule has 2 aliphatic rings. The van der Waals surface area contributed by atoms with Crippen molar-refractivity contribution in [1.29, 1.82) is 0 Å². The molecule has 2 aromatic rings. The van der Waals surface area contributed by atoms with Crippen LogP contribution in [0.1, 0.15) is 23.2 Å². The number of hydrogen-bond acceptors (Lipinski definition) is 6. The fraction of sp³-hybridized carbons (Fsp3) is 0.278. The number of ether oxygens (including phenoxy) is 2. The number of carbonyl (C=O) groups excluding carboxylic acids is 2. The number of rotatable bonds is 3. The van der Waals surface area contributed by atoms with E-state index < -0.39 is 6.04 Å². The molecule has 3 N–H and O–H groups in total. The van der Waals surface area contributed by atoms with Crippen LogP contribution in [0.5, 0.6) is 11.5 Å². The maximum Gasteiger partial charge on any atom is 0.254 e. The van der Waals surface area contributed by atoms with Crippen molar-refractivity contribution in [2.45, 2.75) is 18.9 Å². The monoisotopic (exact) mass is 354 g/mol. The standard InChI is InChI=1S/C18H18N4O4/c19-16-6-4-12(9-20-16)21-17(23)13-2-1-7-22(13)18(24)11-3-5-14-15(8-11)26-10-25-14/h3-6,8-9,13H,1-2,7,10H2,(H2,19,20)(H,21,23). The van der Waals surface area contributed by atoms with E-state index in [-0.39, 0.29) is 18.6 Å². The zero-order valence-electron chi connectivity index (χ0n) is 14.0. The van der Waals surface area contributed by atoms with Crippen LogP contribution in [0.25, 0.3) is 0 Å². The smallest absolute Gasteiger partial charge is 0.254 e. The molecule has 26 heavy (non-hydrogen) atoms. The highest BCUT2D eigenvalue weighted by atomic mass is 16.7. The van der Waals surface area contributed by atoms with Crippen molar-refractivity contribution in [3.63, 3.8) is 0 Å². The number of amides is 2. The third-order valence-electron chi connectivity index (χ3n) is 4.49. The van der Waals surface area contributed by atoms with Gasteiger partial charge in [-0.05, 0) is 43.2 Å². The number of fused-ring (bicyclic) bond motifs is 1. The van der Waals surface area contributed by atoms with Crippen LogP contribution in [0.15, 0.2) is 36.5 Å². The second-order valence-corrected chi connectivity index (χ2v) is 6.19. The molecule has 1 aromatic heterocycles. The maximum absolute atomic E-state index is 12.9. The first-order valence-corrected chi connectivity index (χ1v) is 8.35. The Morgan fingerprint density at radius 1 is 1.19 bits per heavy atom. The van der Waals surface area contributed by atoms with E-state index in [1.807, 2.05) is 0 Å². The van der Waals surface area contributed by atoms with Gasteiger partial charge in [-0.3, -0.25) is 9.59 Å². The van der Waals surface area contributed by atoms with Gasteiger partial charge in [0.05, 0.1) is 11.9 Å². The van der Waals surface area contributed by atoms with Crippen LogP contribution in [-0.2, 0) is 4.79 Å². The van der Waals surface area contributed by atoms with Crippen molar-refractivity contribution in [2.75, 3.05) is 24.4 Å². The number of likely N-dealkylation sites (tertiary alicyclic amines) is 1. The highest BCUT2D eigenvalue weighted by Gasteiger charge is 2.35. The Morgan fingerprint density at radius 3 is 2.85 bits per heavy atom. The van der Waals surface area contributed by atoms with Gasteiger partial charge in [-0.1, -0.05) is 0 Å². The number of nitrogens with one attached hydrogen (secondary N) is 1. The van der Waals surface area contributed by atoms with E-state index in [4.69, 9.17) is 15.2 Å². The Labute approximate surface area is 149 Å². The lowest BCUT2D eigenvalue weighted by molar-refractivity contribution is -0.119. The molecule has 0 bridgehead atoms. The molecule has 1 unspecified atom stereocenters. The Morgan fingerprint density at radius 2 is 2.04 bits per heavy atom. The van der Waals surface area contributed by atoms with Crippen LogP contribution >= 0.6 is 0 Å².